The Hall–Kier alpha value is -0.100. The van der Waals surface area contributed by atoms with Crippen LogP contribution in [-0.2, 0) is 10.8 Å². The molecule has 0 radical (unpaired) electrons. The van der Waals surface area contributed by atoms with Gasteiger partial charge in [-0.25, -0.2) is 0 Å². The van der Waals surface area contributed by atoms with Gasteiger partial charge in [0, 0.05) is 34.8 Å². The van der Waals surface area contributed by atoms with E-state index >= 15 is 0 Å². The van der Waals surface area contributed by atoms with E-state index in [1.165, 1.54) is 0 Å². The van der Waals surface area contributed by atoms with E-state index in [0.717, 1.165) is 0 Å². The highest BCUT2D eigenvalue weighted by Gasteiger charge is 2.26. The highest BCUT2D eigenvalue weighted by atomic mass is 32.2. The monoisotopic (exact) mass is 231 g/mol. The number of hydrogen-bond acceptors (Lipinski definition) is 2. The summed E-state index contributed by atoms with van der Waals surface area (Å²) in [4.78, 5) is 0. The van der Waals surface area contributed by atoms with E-state index in [1.807, 2.05) is 0 Å². The van der Waals surface area contributed by atoms with Crippen molar-refractivity contribution in [2.24, 2.45) is 5.73 Å². The Balaban J connectivity index is 3.46. The predicted molar refractivity (Wildman–Crippen MR) is 51.4 cm³/mol. The molecule has 0 aromatic rings. The largest absolute Gasteiger partial charge is 0.389 e. The summed E-state index contributed by atoms with van der Waals surface area (Å²) >= 11 is 0. The average molecular weight is 231 g/mol. The maximum atomic E-state index is 11.7. The summed E-state index contributed by atoms with van der Waals surface area (Å²) < 4.78 is 46.2. The first kappa shape index (κ1) is 13.9. The Bertz CT molecular complexity index is 182. The van der Waals surface area contributed by atoms with Crippen molar-refractivity contribution >= 4 is 10.8 Å². The van der Waals surface area contributed by atoms with Crippen LogP contribution < -0.4 is 5.73 Å². The number of nitrogens with two attached hydrogens (primary N) is 1. The topological polar surface area (TPSA) is 43.1 Å². The zero-order chi connectivity index (χ0) is 11.2. The molecule has 2 unspecified atom stereocenters. The lowest BCUT2D eigenvalue weighted by Crippen LogP contribution is -2.19. The van der Waals surface area contributed by atoms with Crippen LogP contribution in [-0.4, -0.2) is 27.9 Å². The molecule has 0 aliphatic rings. The molecule has 0 bridgehead atoms. The molecule has 0 spiro atoms. The van der Waals surface area contributed by atoms with Gasteiger partial charge in [-0.3, -0.25) is 4.21 Å². The molecular weight excluding hydrogens is 215 g/mol. The second-order valence-corrected chi connectivity index (χ2v) is 5.03. The lowest BCUT2D eigenvalue weighted by molar-refractivity contribution is -0.134. The van der Waals surface area contributed by atoms with Gasteiger partial charge in [0.25, 0.3) is 0 Å². The summed E-state index contributed by atoms with van der Waals surface area (Å²) in [5.74, 6) is 0.516. The normalized spacial score (nSPS) is 16.6. The molecule has 0 fully saturated rings. The Morgan fingerprint density at radius 1 is 1.36 bits per heavy atom. The summed E-state index contributed by atoms with van der Waals surface area (Å²) in [5, 5.41) is 0. The highest BCUT2D eigenvalue weighted by molar-refractivity contribution is 7.84. The zero-order valence-electron chi connectivity index (χ0n) is 8.14. The Kier molecular flexibility index (Phi) is 6.35. The van der Waals surface area contributed by atoms with E-state index in [-0.39, 0.29) is 18.2 Å². The molecule has 14 heavy (non-hydrogen) atoms. The van der Waals surface area contributed by atoms with E-state index in [1.54, 1.807) is 6.92 Å². The van der Waals surface area contributed by atoms with Gasteiger partial charge in [0.15, 0.2) is 0 Å². The van der Waals surface area contributed by atoms with Gasteiger partial charge in [-0.05, 0) is 19.8 Å². The fourth-order valence-electron chi connectivity index (χ4n) is 0.853. The third-order valence-corrected chi connectivity index (χ3v) is 3.07. The minimum Gasteiger partial charge on any atom is -0.328 e. The molecular formula is C8H16F3NOS. The van der Waals surface area contributed by atoms with Gasteiger partial charge in [-0.2, -0.15) is 13.2 Å². The van der Waals surface area contributed by atoms with E-state index < -0.39 is 23.4 Å². The molecule has 2 nitrogen and oxygen atoms in total. The SMILES string of the molecule is CC(N)CCS(=O)CCCC(F)(F)F. The molecule has 0 aromatic heterocycles. The molecule has 2 N–H and O–H groups in total. The molecule has 0 saturated carbocycles. The Morgan fingerprint density at radius 2 is 1.93 bits per heavy atom. The van der Waals surface area contributed by atoms with Crippen LogP contribution in [0.15, 0.2) is 0 Å². The molecule has 0 aliphatic carbocycles. The van der Waals surface area contributed by atoms with Gasteiger partial charge in [0.05, 0.1) is 0 Å². The van der Waals surface area contributed by atoms with Crippen LogP contribution in [0.25, 0.3) is 0 Å². The third-order valence-electron chi connectivity index (χ3n) is 1.63. The van der Waals surface area contributed by atoms with Crippen LogP contribution in [0.5, 0.6) is 0 Å². The van der Waals surface area contributed by atoms with Gasteiger partial charge >= 0.3 is 6.18 Å². The van der Waals surface area contributed by atoms with Gasteiger partial charge in [-0.1, -0.05) is 0 Å². The van der Waals surface area contributed by atoms with E-state index in [0.29, 0.717) is 12.2 Å². The van der Waals surface area contributed by atoms with Crippen LogP contribution in [0.3, 0.4) is 0 Å². The molecule has 6 heteroatoms. The van der Waals surface area contributed by atoms with Crippen molar-refractivity contribution in [3.8, 4) is 0 Å². The second-order valence-electron chi connectivity index (χ2n) is 3.33. The number of hydrogen-bond donors (Lipinski definition) is 1. The van der Waals surface area contributed by atoms with Crippen LogP contribution in [0.1, 0.15) is 26.2 Å². The smallest absolute Gasteiger partial charge is 0.328 e. The summed E-state index contributed by atoms with van der Waals surface area (Å²) in [6, 6.07) is -0.0402. The maximum absolute atomic E-state index is 11.7. The molecule has 0 aliphatic heterocycles. The van der Waals surface area contributed by atoms with Crippen molar-refractivity contribution in [3.63, 3.8) is 0 Å². The Morgan fingerprint density at radius 3 is 2.36 bits per heavy atom. The predicted octanol–water partition coefficient (Wildman–Crippen LogP) is 1.81. The quantitative estimate of drug-likeness (QED) is 0.757. The second kappa shape index (κ2) is 6.40. The molecule has 0 heterocycles. The van der Waals surface area contributed by atoms with Crippen molar-refractivity contribution < 1.29 is 17.4 Å². The molecule has 2 atom stereocenters. The lowest BCUT2D eigenvalue weighted by atomic mass is 10.3. The van der Waals surface area contributed by atoms with Crippen molar-refractivity contribution in [2.45, 2.75) is 38.4 Å². The van der Waals surface area contributed by atoms with Gasteiger partial charge in [0.1, 0.15) is 0 Å². The van der Waals surface area contributed by atoms with Crippen LogP contribution in [0.4, 0.5) is 13.2 Å². The molecule has 86 valence electrons. The van der Waals surface area contributed by atoms with E-state index in [2.05, 4.69) is 0 Å². The lowest BCUT2D eigenvalue weighted by Gasteiger charge is -2.06. The zero-order valence-corrected chi connectivity index (χ0v) is 8.96. The van der Waals surface area contributed by atoms with E-state index in [4.69, 9.17) is 5.73 Å². The van der Waals surface area contributed by atoms with Gasteiger partial charge in [0.2, 0.25) is 0 Å². The fourth-order valence-corrected chi connectivity index (χ4v) is 2.16. The van der Waals surface area contributed by atoms with Gasteiger partial charge in [-0.15, -0.1) is 0 Å². The summed E-state index contributed by atoms with van der Waals surface area (Å²) in [5.41, 5.74) is 5.42. The van der Waals surface area contributed by atoms with E-state index in [9.17, 15) is 17.4 Å². The van der Waals surface area contributed by atoms with Crippen molar-refractivity contribution in [1.82, 2.24) is 0 Å². The number of alkyl halides is 3. The third kappa shape index (κ3) is 9.98. The van der Waals surface area contributed by atoms with Crippen molar-refractivity contribution in [1.29, 1.82) is 0 Å². The highest BCUT2D eigenvalue weighted by Crippen LogP contribution is 2.21. The van der Waals surface area contributed by atoms with Crippen LogP contribution >= 0.6 is 0 Å². The standard InChI is InChI=1S/C8H16F3NOS/c1-7(12)3-6-14(13)5-2-4-8(9,10)11/h7H,2-6,12H2,1H3. The van der Waals surface area contributed by atoms with Crippen LogP contribution in [0, 0.1) is 0 Å². The Labute approximate surface area is 84.5 Å². The minimum atomic E-state index is -4.13. The average Bonchev–Trinajstić information content (AvgIpc) is 1.98. The molecule has 0 rings (SSSR count). The van der Waals surface area contributed by atoms with Crippen molar-refractivity contribution in [2.75, 3.05) is 11.5 Å². The number of rotatable bonds is 6. The molecule has 0 amide bonds. The molecule has 0 saturated heterocycles. The minimum absolute atomic E-state index is 0.0402. The fraction of sp³-hybridized carbons (Fsp3) is 1.00. The summed E-state index contributed by atoms with van der Waals surface area (Å²) in [6.07, 6.45) is -4.45. The van der Waals surface area contributed by atoms with Crippen LogP contribution in [0.2, 0.25) is 0 Å². The first-order valence-corrected chi connectivity index (χ1v) is 5.97. The molecule has 0 aromatic carbocycles. The first-order chi connectivity index (χ1) is 6.31. The summed E-state index contributed by atoms with van der Waals surface area (Å²) in [6.45, 7) is 1.78. The van der Waals surface area contributed by atoms with Gasteiger partial charge < -0.3 is 5.73 Å². The number of halogens is 3. The maximum Gasteiger partial charge on any atom is 0.389 e. The van der Waals surface area contributed by atoms with Crippen molar-refractivity contribution in [3.05, 3.63) is 0 Å². The first-order valence-electron chi connectivity index (χ1n) is 4.48. The summed E-state index contributed by atoms with van der Waals surface area (Å²) in [7, 11) is -1.16.